The van der Waals surface area contributed by atoms with Crippen molar-refractivity contribution in [3.05, 3.63) is 48.2 Å². The number of nitrogens with one attached hydrogen (secondary N) is 1. The molecule has 1 heterocycles. The second-order valence-corrected chi connectivity index (χ2v) is 2.81. The van der Waals surface area contributed by atoms with Gasteiger partial charge < -0.3 is 0 Å². The average molecular weight is 190 g/mol. The first-order valence-corrected chi connectivity index (χ1v) is 4.31. The van der Waals surface area contributed by atoms with Crippen LogP contribution in [0.3, 0.4) is 0 Å². The number of hydrogen-bond donors (Lipinski definition) is 1. The van der Waals surface area contributed by atoms with E-state index in [-0.39, 0.29) is 5.91 Å². The van der Waals surface area contributed by atoms with E-state index in [0.29, 0.717) is 12.2 Å². The maximum Gasteiger partial charge on any atom is 0.271 e. The van der Waals surface area contributed by atoms with Crippen LogP contribution >= 0.6 is 0 Å². The quantitative estimate of drug-likeness (QED) is 0.759. The lowest BCUT2D eigenvalue weighted by molar-refractivity contribution is -0.119. The molecule has 0 aromatic heterocycles. The Morgan fingerprint density at radius 3 is 2.79 bits per heavy atom. The third-order valence-electron chi connectivity index (χ3n) is 1.80. The summed E-state index contributed by atoms with van der Waals surface area (Å²) in [6, 6.07) is 8.98. The minimum atomic E-state index is -0.183. The van der Waals surface area contributed by atoms with Crippen LogP contribution in [0.5, 0.6) is 0 Å². The molecular formula is C10H10N2O2. The maximum absolute atomic E-state index is 11.5. The zero-order chi connectivity index (χ0) is 9.80. The fourth-order valence-corrected chi connectivity index (χ4v) is 1.13. The van der Waals surface area contributed by atoms with E-state index in [1.807, 2.05) is 24.3 Å². The third kappa shape index (κ3) is 1.92. The van der Waals surface area contributed by atoms with Crippen molar-refractivity contribution in [1.29, 1.82) is 0 Å². The molecule has 0 unspecified atom stereocenters. The number of hydroxylamine groups is 1. The second kappa shape index (κ2) is 3.93. The van der Waals surface area contributed by atoms with Crippen molar-refractivity contribution in [3.63, 3.8) is 0 Å². The van der Waals surface area contributed by atoms with Gasteiger partial charge in [-0.3, -0.25) is 4.79 Å². The summed E-state index contributed by atoms with van der Waals surface area (Å²) >= 11 is 0. The van der Waals surface area contributed by atoms with Gasteiger partial charge in [-0.05, 0) is 18.2 Å². The predicted molar refractivity (Wildman–Crippen MR) is 50.8 cm³/mol. The summed E-state index contributed by atoms with van der Waals surface area (Å²) in [6.07, 6.45) is 3.48. The van der Waals surface area contributed by atoms with E-state index < -0.39 is 0 Å². The highest BCUT2D eigenvalue weighted by Gasteiger charge is 2.10. The van der Waals surface area contributed by atoms with Crippen molar-refractivity contribution in [2.24, 2.45) is 0 Å². The van der Waals surface area contributed by atoms with Crippen molar-refractivity contribution >= 4 is 5.91 Å². The van der Waals surface area contributed by atoms with Crippen LogP contribution in [0.4, 0.5) is 0 Å². The molecule has 0 radical (unpaired) electrons. The van der Waals surface area contributed by atoms with E-state index >= 15 is 0 Å². The summed E-state index contributed by atoms with van der Waals surface area (Å²) < 4.78 is 0. The Hall–Kier alpha value is -1.81. The molecule has 1 amide bonds. The largest absolute Gasteiger partial charge is 0.271 e. The van der Waals surface area contributed by atoms with Crippen LogP contribution in [0, 0.1) is 0 Å². The molecule has 4 nitrogen and oxygen atoms in total. The molecule has 0 saturated carbocycles. The van der Waals surface area contributed by atoms with Gasteiger partial charge in [0.2, 0.25) is 0 Å². The molecule has 2 rings (SSSR count). The molecule has 72 valence electrons. The van der Waals surface area contributed by atoms with Crippen molar-refractivity contribution in [3.8, 4) is 0 Å². The van der Waals surface area contributed by atoms with Crippen LogP contribution in [0.15, 0.2) is 42.6 Å². The Morgan fingerprint density at radius 1 is 1.36 bits per heavy atom. The highest BCUT2D eigenvalue weighted by molar-refractivity contribution is 5.93. The summed E-state index contributed by atoms with van der Waals surface area (Å²) in [5.74, 6) is -0.183. The maximum atomic E-state index is 11.5. The minimum absolute atomic E-state index is 0.183. The highest BCUT2D eigenvalue weighted by Crippen LogP contribution is 2.01. The standard InChI is InChI=1S/C10H10N2O2/c13-10(9-5-2-1-3-6-9)11-12-7-4-8-14-12/h1-7H,8H2,(H,11,13). The summed E-state index contributed by atoms with van der Waals surface area (Å²) in [7, 11) is 0. The second-order valence-electron chi connectivity index (χ2n) is 2.81. The lowest BCUT2D eigenvalue weighted by atomic mass is 10.2. The molecule has 1 aromatic carbocycles. The molecule has 0 saturated heterocycles. The molecule has 14 heavy (non-hydrogen) atoms. The van der Waals surface area contributed by atoms with Gasteiger partial charge in [0.15, 0.2) is 0 Å². The van der Waals surface area contributed by atoms with E-state index in [2.05, 4.69) is 5.43 Å². The molecule has 1 N–H and O–H groups in total. The fraction of sp³-hybridized carbons (Fsp3) is 0.100. The monoisotopic (exact) mass is 190 g/mol. The van der Waals surface area contributed by atoms with Gasteiger partial charge in [-0.2, -0.15) is 5.17 Å². The Bertz CT molecular complexity index is 348. The van der Waals surface area contributed by atoms with Gasteiger partial charge in [0.1, 0.15) is 0 Å². The van der Waals surface area contributed by atoms with Crippen LogP contribution in [0.25, 0.3) is 0 Å². The molecular weight excluding hydrogens is 180 g/mol. The van der Waals surface area contributed by atoms with Gasteiger partial charge in [-0.25, -0.2) is 10.3 Å². The van der Waals surface area contributed by atoms with Crippen molar-refractivity contribution < 1.29 is 9.63 Å². The molecule has 0 spiro atoms. The predicted octanol–water partition coefficient (Wildman–Crippen LogP) is 1.09. The number of amides is 1. The molecule has 0 atom stereocenters. The van der Waals surface area contributed by atoms with Gasteiger partial charge in [0.25, 0.3) is 5.91 Å². The number of rotatable bonds is 2. The van der Waals surface area contributed by atoms with Crippen LogP contribution in [-0.4, -0.2) is 17.7 Å². The molecule has 1 aromatic rings. The molecule has 1 aliphatic rings. The number of hydrazine groups is 1. The summed E-state index contributed by atoms with van der Waals surface area (Å²) in [4.78, 5) is 16.6. The zero-order valence-electron chi connectivity index (χ0n) is 7.51. The first-order valence-electron chi connectivity index (χ1n) is 4.31. The number of carbonyl (C=O) groups is 1. The van der Waals surface area contributed by atoms with Crippen molar-refractivity contribution in [2.75, 3.05) is 6.61 Å². The van der Waals surface area contributed by atoms with Crippen molar-refractivity contribution in [2.45, 2.75) is 0 Å². The van der Waals surface area contributed by atoms with Crippen LogP contribution in [0.2, 0.25) is 0 Å². The molecule has 4 heteroatoms. The summed E-state index contributed by atoms with van der Waals surface area (Å²) in [5.41, 5.74) is 3.19. The van der Waals surface area contributed by atoms with E-state index in [9.17, 15) is 4.79 Å². The van der Waals surface area contributed by atoms with Crippen LogP contribution in [-0.2, 0) is 4.84 Å². The van der Waals surface area contributed by atoms with Gasteiger partial charge in [0.05, 0.1) is 12.8 Å². The first-order chi connectivity index (χ1) is 6.86. The van der Waals surface area contributed by atoms with Crippen LogP contribution in [0.1, 0.15) is 10.4 Å². The third-order valence-corrected chi connectivity index (χ3v) is 1.80. The Balaban J connectivity index is 1.99. The number of hydrogen-bond acceptors (Lipinski definition) is 3. The summed E-state index contributed by atoms with van der Waals surface area (Å²) in [6.45, 7) is 0.495. The van der Waals surface area contributed by atoms with Gasteiger partial charge >= 0.3 is 0 Å². The SMILES string of the molecule is O=C(NN1C=CCO1)c1ccccc1. The molecule has 0 aliphatic carbocycles. The number of benzene rings is 1. The van der Waals surface area contributed by atoms with Gasteiger partial charge in [-0.1, -0.05) is 18.2 Å². The number of nitrogens with zero attached hydrogens (tertiary/aromatic N) is 1. The topological polar surface area (TPSA) is 41.6 Å². The highest BCUT2D eigenvalue weighted by atomic mass is 16.7. The van der Waals surface area contributed by atoms with E-state index in [0.717, 1.165) is 0 Å². The molecule has 1 aliphatic heterocycles. The smallest absolute Gasteiger partial charge is 0.267 e. The first kappa shape index (κ1) is 8.77. The van der Waals surface area contributed by atoms with Gasteiger partial charge in [-0.15, -0.1) is 0 Å². The fourth-order valence-electron chi connectivity index (χ4n) is 1.13. The van der Waals surface area contributed by atoms with Crippen molar-refractivity contribution in [1.82, 2.24) is 10.6 Å². The number of carbonyl (C=O) groups excluding carboxylic acids is 1. The Kier molecular flexibility index (Phi) is 2.46. The van der Waals surface area contributed by atoms with Crippen LogP contribution < -0.4 is 5.43 Å². The van der Waals surface area contributed by atoms with E-state index in [1.54, 1.807) is 18.3 Å². The van der Waals surface area contributed by atoms with E-state index in [1.165, 1.54) is 5.17 Å². The lowest BCUT2D eigenvalue weighted by Crippen LogP contribution is -2.36. The molecule has 0 fully saturated rings. The Labute approximate surface area is 81.7 Å². The van der Waals surface area contributed by atoms with Gasteiger partial charge in [0, 0.05) is 5.56 Å². The normalized spacial score (nSPS) is 14.4. The zero-order valence-corrected chi connectivity index (χ0v) is 7.51. The average Bonchev–Trinajstić information content (AvgIpc) is 2.72. The summed E-state index contributed by atoms with van der Waals surface area (Å²) in [5, 5.41) is 1.30. The minimum Gasteiger partial charge on any atom is -0.267 e. The molecule has 0 bridgehead atoms. The van der Waals surface area contributed by atoms with E-state index in [4.69, 9.17) is 4.84 Å². The lowest BCUT2D eigenvalue weighted by Gasteiger charge is -2.14. The Morgan fingerprint density at radius 2 is 2.14 bits per heavy atom.